The molecule has 0 saturated heterocycles. The fraction of sp³-hybridized carbons (Fsp3) is 0.917. The number of amides is 1. The first-order valence-electron chi connectivity index (χ1n) is 5.86. The Hall–Kier alpha value is -0.570. The average molecular weight is 212 g/mol. The molecule has 1 aliphatic carbocycles. The lowest BCUT2D eigenvalue weighted by Gasteiger charge is -2.38. The first kappa shape index (κ1) is 12.5. The predicted molar refractivity (Wildman–Crippen MR) is 62.7 cm³/mol. The van der Waals surface area contributed by atoms with Crippen molar-refractivity contribution in [1.82, 2.24) is 10.2 Å². The lowest BCUT2D eigenvalue weighted by Crippen LogP contribution is -2.43. The maximum Gasteiger partial charge on any atom is 0.236 e. The highest BCUT2D eigenvalue weighted by molar-refractivity contribution is 5.78. The molecular weight excluding hydrogens is 188 g/mol. The Morgan fingerprint density at radius 1 is 1.40 bits per heavy atom. The second kappa shape index (κ2) is 4.97. The van der Waals surface area contributed by atoms with Gasteiger partial charge in [0.25, 0.3) is 0 Å². The van der Waals surface area contributed by atoms with E-state index in [1.54, 1.807) is 0 Å². The van der Waals surface area contributed by atoms with Crippen LogP contribution in [0.5, 0.6) is 0 Å². The molecule has 0 aromatic rings. The monoisotopic (exact) mass is 212 g/mol. The minimum absolute atomic E-state index is 0.210. The highest BCUT2D eigenvalue weighted by Gasteiger charge is 2.30. The van der Waals surface area contributed by atoms with Gasteiger partial charge < -0.3 is 10.2 Å². The van der Waals surface area contributed by atoms with Gasteiger partial charge in [-0.1, -0.05) is 13.8 Å². The summed E-state index contributed by atoms with van der Waals surface area (Å²) >= 11 is 0. The van der Waals surface area contributed by atoms with Crippen molar-refractivity contribution in [3.8, 4) is 0 Å². The van der Waals surface area contributed by atoms with E-state index in [9.17, 15) is 4.79 Å². The summed E-state index contributed by atoms with van der Waals surface area (Å²) in [4.78, 5) is 13.6. The van der Waals surface area contributed by atoms with Gasteiger partial charge in [0.1, 0.15) is 0 Å². The van der Waals surface area contributed by atoms with Crippen LogP contribution in [0.25, 0.3) is 0 Å². The molecular formula is C12H24N2O. The molecule has 0 bridgehead atoms. The average Bonchev–Trinajstić information content (AvgIpc) is 2.17. The number of carbonyl (C=O) groups excluding carboxylic acids is 1. The van der Waals surface area contributed by atoms with Gasteiger partial charge in [0, 0.05) is 13.1 Å². The number of hydrogen-bond donors (Lipinski definition) is 1. The molecule has 88 valence electrons. The van der Waals surface area contributed by atoms with E-state index in [4.69, 9.17) is 0 Å². The van der Waals surface area contributed by atoms with Crippen molar-refractivity contribution in [3.05, 3.63) is 0 Å². The van der Waals surface area contributed by atoms with Crippen LogP contribution in [0.4, 0.5) is 0 Å². The van der Waals surface area contributed by atoms with Crippen molar-refractivity contribution in [2.75, 3.05) is 20.6 Å². The molecule has 0 spiro atoms. The molecule has 1 saturated carbocycles. The normalized spacial score (nSPS) is 21.3. The number of nitrogens with zero attached hydrogens (tertiary/aromatic N) is 1. The zero-order chi connectivity index (χ0) is 11.5. The molecule has 0 aromatic carbocycles. The molecule has 1 amide bonds. The first-order chi connectivity index (χ1) is 6.96. The van der Waals surface area contributed by atoms with Gasteiger partial charge >= 0.3 is 0 Å². The largest absolute Gasteiger partial charge is 0.342 e. The Kier molecular flexibility index (Phi) is 4.14. The van der Waals surface area contributed by atoms with Crippen molar-refractivity contribution < 1.29 is 4.79 Å². The SMILES string of the molecule is CNCC(=O)N(C)C1CCC(C)(C)CC1. The van der Waals surface area contributed by atoms with Crippen LogP contribution in [-0.4, -0.2) is 37.5 Å². The zero-order valence-electron chi connectivity index (χ0n) is 10.5. The Morgan fingerprint density at radius 3 is 2.40 bits per heavy atom. The second-order valence-electron chi connectivity index (χ2n) is 5.43. The van der Waals surface area contributed by atoms with Crippen LogP contribution in [0, 0.1) is 5.41 Å². The van der Waals surface area contributed by atoms with Crippen LogP contribution in [0.1, 0.15) is 39.5 Å². The van der Waals surface area contributed by atoms with Crippen LogP contribution < -0.4 is 5.32 Å². The van der Waals surface area contributed by atoms with E-state index in [0.29, 0.717) is 18.0 Å². The van der Waals surface area contributed by atoms with Crippen molar-refractivity contribution in [3.63, 3.8) is 0 Å². The van der Waals surface area contributed by atoms with Gasteiger partial charge in [0.2, 0.25) is 5.91 Å². The van der Waals surface area contributed by atoms with Crippen molar-refractivity contribution >= 4 is 5.91 Å². The van der Waals surface area contributed by atoms with E-state index in [1.165, 1.54) is 12.8 Å². The molecule has 0 atom stereocenters. The van der Waals surface area contributed by atoms with Gasteiger partial charge in [0.15, 0.2) is 0 Å². The molecule has 0 aromatic heterocycles. The molecule has 3 nitrogen and oxygen atoms in total. The summed E-state index contributed by atoms with van der Waals surface area (Å²) in [7, 11) is 3.75. The van der Waals surface area contributed by atoms with Crippen LogP contribution in [0.3, 0.4) is 0 Å². The molecule has 1 rings (SSSR count). The minimum Gasteiger partial charge on any atom is -0.342 e. The molecule has 1 aliphatic rings. The van der Waals surface area contributed by atoms with Crippen LogP contribution in [-0.2, 0) is 4.79 Å². The summed E-state index contributed by atoms with van der Waals surface area (Å²) in [6.45, 7) is 5.09. The second-order valence-corrected chi connectivity index (χ2v) is 5.43. The number of likely N-dealkylation sites (N-methyl/N-ethyl adjacent to an activating group) is 2. The third kappa shape index (κ3) is 3.49. The van der Waals surface area contributed by atoms with Gasteiger partial charge in [-0.2, -0.15) is 0 Å². The van der Waals surface area contributed by atoms with E-state index < -0.39 is 0 Å². The van der Waals surface area contributed by atoms with E-state index in [0.717, 1.165) is 12.8 Å². The third-order valence-corrected chi connectivity index (χ3v) is 3.58. The summed E-state index contributed by atoms with van der Waals surface area (Å²) in [5, 5.41) is 2.91. The fourth-order valence-corrected chi connectivity index (χ4v) is 2.25. The predicted octanol–water partition coefficient (Wildman–Crippen LogP) is 1.63. The number of nitrogens with one attached hydrogen (secondary N) is 1. The number of hydrogen-bond acceptors (Lipinski definition) is 2. The number of rotatable bonds is 3. The summed E-state index contributed by atoms with van der Waals surface area (Å²) in [5.74, 6) is 0.210. The summed E-state index contributed by atoms with van der Waals surface area (Å²) in [6, 6.07) is 0.457. The minimum atomic E-state index is 0.210. The van der Waals surface area contributed by atoms with Crippen molar-refractivity contribution in [2.45, 2.75) is 45.6 Å². The van der Waals surface area contributed by atoms with Crippen LogP contribution >= 0.6 is 0 Å². The standard InChI is InChI=1S/C12H24N2O/c1-12(2)7-5-10(6-8-12)14(4)11(15)9-13-3/h10,13H,5-9H2,1-4H3. The van der Waals surface area contributed by atoms with Crippen molar-refractivity contribution in [1.29, 1.82) is 0 Å². The maximum absolute atomic E-state index is 11.7. The fourth-order valence-electron chi connectivity index (χ4n) is 2.25. The maximum atomic E-state index is 11.7. The highest BCUT2D eigenvalue weighted by atomic mass is 16.2. The quantitative estimate of drug-likeness (QED) is 0.771. The first-order valence-corrected chi connectivity index (χ1v) is 5.86. The molecule has 15 heavy (non-hydrogen) atoms. The summed E-state index contributed by atoms with van der Waals surface area (Å²) in [6.07, 6.45) is 4.77. The molecule has 1 fully saturated rings. The van der Waals surface area contributed by atoms with Gasteiger partial charge in [-0.3, -0.25) is 4.79 Å². The molecule has 1 N–H and O–H groups in total. The third-order valence-electron chi connectivity index (χ3n) is 3.58. The Bertz CT molecular complexity index is 216. The van der Waals surface area contributed by atoms with E-state index >= 15 is 0 Å². The zero-order valence-corrected chi connectivity index (χ0v) is 10.5. The van der Waals surface area contributed by atoms with E-state index in [-0.39, 0.29) is 5.91 Å². The molecule has 3 heteroatoms. The Labute approximate surface area is 93.2 Å². The molecule has 0 heterocycles. The lowest BCUT2D eigenvalue weighted by molar-refractivity contribution is -0.131. The van der Waals surface area contributed by atoms with Crippen molar-refractivity contribution in [2.24, 2.45) is 5.41 Å². The molecule has 0 unspecified atom stereocenters. The summed E-state index contributed by atoms with van der Waals surface area (Å²) in [5.41, 5.74) is 0.476. The Morgan fingerprint density at radius 2 is 1.93 bits per heavy atom. The van der Waals surface area contributed by atoms with Gasteiger partial charge in [0.05, 0.1) is 6.54 Å². The molecule has 0 aliphatic heterocycles. The van der Waals surface area contributed by atoms with Crippen LogP contribution in [0.15, 0.2) is 0 Å². The summed E-state index contributed by atoms with van der Waals surface area (Å²) < 4.78 is 0. The van der Waals surface area contributed by atoms with Gasteiger partial charge in [-0.15, -0.1) is 0 Å². The Balaban J connectivity index is 2.42. The van der Waals surface area contributed by atoms with E-state index in [2.05, 4.69) is 19.2 Å². The highest BCUT2D eigenvalue weighted by Crippen LogP contribution is 2.36. The molecule has 0 radical (unpaired) electrons. The van der Waals surface area contributed by atoms with Gasteiger partial charge in [-0.25, -0.2) is 0 Å². The van der Waals surface area contributed by atoms with E-state index in [1.807, 2.05) is 19.0 Å². The number of carbonyl (C=O) groups is 1. The van der Waals surface area contributed by atoms with Gasteiger partial charge in [-0.05, 0) is 38.1 Å². The topological polar surface area (TPSA) is 32.3 Å². The van der Waals surface area contributed by atoms with Crippen LogP contribution in [0.2, 0.25) is 0 Å². The lowest BCUT2D eigenvalue weighted by atomic mass is 9.75. The smallest absolute Gasteiger partial charge is 0.236 e.